The summed E-state index contributed by atoms with van der Waals surface area (Å²) in [5, 5.41) is 0.140. The summed E-state index contributed by atoms with van der Waals surface area (Å²) in [5.41, 5.74) is 0. The molecule has 1 unspecified atom stereocenters. The summed E-state index contributed by atoms with van der Waals surface area (Å²) in [6, 6.07) is 0. The molecule has 1 aromatic rings. The van der Waals surface area contributed by atoms with Crippen molar-refractivity contribution in [3.63, 3.8) is 0 Å². The number of hydrogen-bond acceptors (Lipinski definition) is 2. The molecule has 1 radical (unpaired) electrons. The SMILES string of the molecule is [CH2]C(S)Cc1nccn1C. The summed E-state index contributed by atoms with van der Waals surface area (Å²) in [7, 11) is 1.97. The summed E-state index contributed by atoms with van der Waals surface area (Å²) in [5.74, 6) is 1.04. The van der Waals surface area contributed by atoms with Crippen molar-refractivity contribution in [2.24, 2.45) is 7.05 Å². The van der Waals surface area contributed by atoms with Crippen LogP contribution in [0.4, 0.5) is 0 Å². The van der Waals surface area contributed by atoms with Crippen molar-refractivity contribution in [2.75, 3.05) is 0 Å². The summed E-state index contributed by atoms with van der Waals surface area (Å²) >= 11 is 4.17. The van der Waals surface area contributed by atoms with E-state index in [1.54, 1.807) is 6.20 Å². The van der Waals surface area contributed by atoms with Gasteiger partial charge in [-0.3, -0.25) is 0 Å². The minimum atomic E-state index is 0.140. The van der Waals surface area contributed by atoms with Gasteiger partial charge in [-0.2, -0.15) is 12.6 Å². The quantitative estimate of drug-likeness (QED) is 0.633. The van der Waals surface area contributed by atoms with Gasteiger partial charge in [-0.1, -0.05) is 0 Å². The van der Waals surface area contributed by atoms with Crippen LogP contribution in [0.15, 0.2) is 12.4 Å². The molecule has 0 amide bonds. The third kappa shape index (κ3) is 1.77. The molecule has 1 heterocycles. The van der Waals surface area contributed by atoms with Gasteiger partial charge in [-0.25, -0.2) is 4.98 Å². The first-order valence-electron chi connectivity index (χ1n) is 3.17. The molecule has 0 N–H and O–H groups in total. The molecule has 10 heavy (non-hydrogen) atoms. The average Bonchev–Trinajstić information content (AvgIpc) is 2.15. The van der Waals surface area contributed by atoms with E-state index in [0.29, 0.717) is 0 Å². The smallest absolute Gasteiger partial charge is 0.109 e. The fourth-order valence-electron chi connectivity index (χ4n) is 0.804. The molecular weight excluding hydrogens is 144 g/mol. The molecule has 0 aliphatic rings. The maximum absolute atomic E-state index is 4.17. The lowest BCUT2D eigenvalue weighted by Crippen LogP contribution is -2.04. The topological polar surface area (TPSA) is 17.8 Å². The van der Waals surface area contributed by atoms with Gasteiger partial charge in [0.25, 0.3) is 0 Å². The Hall–Kier alpha value is -0.440. The second-order valence-corrected chi connectivity index (χ2v) is 3.04. The van der Waals surface area contributed by atoms with Crippen LogP contribution in [0, 0.1) is 6.92 Å². The van der Waals surface area contributed by atoms with Crippen LogP contribution in [0.25, 0.3) is 0 Å². The van der Waals surface area contributed by atoms with E-state index in [2.05, 4.69) is 24.5 Å². The number of aromatic nitrogens is 2. The van der Waals surface area contributed by atoms with Crippen molar-refractivity contribution in [3.8, 4) is 0 Å². The van der Waals surface area contributed by atoms with Gasteiger partial charge in [0.05, 0.1) is 0 Å². The molecule has 0 spiro atoms. The van der Waals surface area contributed by atoms with Crippen LogP contribution in [0.3, 0.4) is 0 Å². The molecule has 0 saturated heterocycles. The fourth-order valence-corrected chi connectivity index (χ4v) is 0.967. The molecule has 55 valence electrons. The number of aryl methyl sites for hydroxylation is 1. The zero-order valence-corrected chi connectivity index (χ0v) is 6.88. The Bertz CT molecular complexity index is 205. The Morgan fingerprint density at radius 3 is 3.00 bits per heavy atom. The van der Waals surface area contributed by atoms with E-state index < -0.39 is 0 Å². The monoisotopic (exact) mass is 155 g/mol. The Morgan fingerprint density at radius 2 is 2.60 bits per heavy atom. The second-order valence-electron chi connectivity index (χ2n) is 2.31. The summed E-state index contributed by atoms with van der Waals surface area (Å²) < 4.78 is 1.98. The lowest BCUT2D eigenvalue weighted by atomic mass is 10.3. The van der Waals surface area contributed by atoms with Gasteiger partial charge in [0.2, 0.25) is 0 Å². The van der Waals surface area contributed by atoms with Crippen molar-refractivity contribution in [2.45, 2.75) is 11.7 Å². The van der Waals surface area contributed by atoms with Crippen LogP contribution >= 0.6 is 12.6 Å². The first-order chi connectivity index (χ1) is 4.70. The molecule has 0 aliphatic heterocycles. The van der Waals surface area contributed by atoms with Gasteiger partial charge < -0.3 is 4.57 Å². The standard InChI is InChI=1S/C7H11N2S/c1-6(10)5-7-8-3-4-9(7)2/h3-4,6,10H,1,5H2,2H3. The van der Waals surface area contributed by atoms with Crippen molar-refractivity contribution in [1.82, 2.24) is 9.55 Å². The third-order valence-electron chi connectivity index (χ3n) is 1.34. The van der Waals surface area contributed by atoms with Gasteiger partial charge >= 0.3 is 0 Å². The highest BCUT2D eigenvalue weighted by Gasteiger charge is 2.01. The van der Waals surface area contributed by atoms with E-state index in [-0.39, 0.29) is 5.25 Å². The third-order valence-corrected chi connectivity index (χ3v) is 1.52. The van der Waals surface area contributed by atoms with Crippen LogP contribution < -0.4 is 0 Å². The van der Waals surface area contributed by atoms with Crippen molar-refractivity contribution in [3.05, 3.63) is 25.1 Å². The predicted octanol–water partition coefficient (Wildman–Crippen LogP) is 1.10. The summed E-state index contributed by atoms with van der Waals surface area (Å²) in [6.45, 7) is 3.77. The minimum Gasteiger partial charge on any atom is -0.338 e. The first-order valence-corrected chi connectivity index (χ1v) is 3.69. The highest BCUT2D eigenvalue weighted by molar-refractivity contribution is 7.81. The predicted molar refractivity (Wildman–Crippen MR) is 45.0 cm³/mol. The number of thiol groups is 1. The first kappa shape index (κ1) is 7.66. The molecule has 1 atom stereocenters. The summed E-state index contributed by atoms with van der Waals surface area (Å²) in [4.78, 5) is 4.13. The maximum atomic E-state index is 4.17. The van der Waals surface area contributed by atoms with Crippen LogP contribution in [-0.4, -0.2) is 14.8 Å². The van der Waals surface area contributed by atoms with Crippen molar-refractivity contribution < 1.29 is 0 Å². The van der Waals surface area contributed by atoms with Crippen LogP contribution in [-0.2, 0) is 13.5 Å². The Labute approximate surface area is 66.7 Å². The van der Waals surface area contributed by atoms with Gasteiger partial charge in [0.1, 0.15) is 5.82 Å². The molecule has 1 rings (SSSR count). The molecule has 0 aromatic carbocycles. The lowest BCUT2D eigenvalue weighted by molar-refractivity contribution is 0.787. The summed E-state index contributed by atoms with van der Waals surface area (Å²) in [6.07, 6.45) is 4.53. The van der Waals surface area contributed by atoms with Gasteiger partial charge in [0, 0.05) is 31.1 Å². The zero-order chi connectivity index (χ0) is 7.56. The van der Waals surface area contributed by atoms with Crippen molar-refractivity contribution >= 4 is 12.6 Å². The van der Waals surface area contributed by atoms with E-state index in [9.17, 15) is 0 Å². The van der Waals surface area contributed by atoms with Crippen molar-refractivity contribution in [1.29, 1.82) is 0 Å². The average molecular weight is 155 g/mol. The van der Waals surface area contributed by atoms with Crippen LogP contribution in [0.2, 0.25) is 0 Å². The Kier molecular flexibility index (Phi) is 2.38. The number of hydrogen-bond donors (Lipinski definition) is 1. The van der Waals surface area contributed by atoms with Crippen LogP contribution in [0.1, 0.15) is 5.82 Å². The molecule has 1 aromatic heterocycles. The highest BCUT2D eigenvalue weighted by atomic mass is 32.1. The number of nitrogens with zero attached hydrogens (tertiary/aromatic N) is 2. The fraction of sp³-hybridized carbons (Fsp3) is 0.429. The van der Waals surface area contributed by atoms with Gasteiger partial charge in [-0.05, 0) is 6.92 Å². The number of imidazole rings is 1. The van der Waals surface area contributed by atoms with Gasteiger partial charge in [-0.15, -0.1) is 0 Å². The van der Waals surface area contributed by atoms with Crippen LogP contribution in [0.5, 0.6) is 0 Å². The van der Waals surface area contributed by atoms with E-state index in [0.717, 1.165) is 12.2 Å². The molecule has 3 heteroatoms. The molecule has 0 aliphatic carbocycles. The molecular formula is C7H11N2S. The van der Waals surface area contributed by atoms with E-state index in [1.165, 1.54) is 0 Å². The second kappa shape index (κ2) is 3.10. The maximum Gasteiger partial charge on any atom is 0.109 e. The minimum absolute atomic E-state index is 0.140. The lowest BCUT2D eigenvalue weighted by Gasteiger charge is -2.02. The van der Waals surface area contributed by atoms with E-state index in [4.69, 9.17) is 0 Å². The largest absolute Gasteiger partial charge is 0.338 e. The molecule has 2 nitrogen and oxygen atoms in total. The van der Waals surface area contributed by atoms with Gasteiger partial charge in [0.15, 0.2) is 0 Å². The molecule has 0 saturated carbocycles. The Morgan fingerprint density at radius 1 is 1.90 bits per heavy atom. The Balaban J connectivity index is 2.65. The molecule has 0 bridgehead atoms. The molecule has 0 fully saturated rings. The highest BCUT2D eigenvalue weighted by Crippen LogP contribution is 2.02. The number of rotatable bonds is 2. The van der Waals surface area contributed by atoms with E-state index >= 15 is 0 Å². The van der Waals surface area contributed by atoms with E-state index in [1.807, 2.05) is 17.8 Å². The normalized spacial score (nSPS) is 13.5. The zero-order valence-electron chi connectivity index (χ0n) is 5.99.